The van der Waals surface area contributed by atoms with Crippen LogP contribution in [0.5, 0.6) is 0 Å². The third-order valence-corrected chi connectivity index (χ3v) is 4.83. The fourth-order valence-corrected chi connectivity index (χ4v) is 3.88. The molecule has 19 heavy (non-hydrogen) atoms. The van der Waals surface area contributed by atoms with Gasteiger partial charge in [0.05, 0.1) is 11.2 Å². The Morgan fingerprint density at radius 1 is 1.42 bits per heavy atom. The van der Waals surface area contributed by atoms with Crippen molar-refractivity contribution in [2.24, 2.45) is 5.92 Å². The largest absolute Gasteiger partial charge is 0.369 e. The van der Waals surface area contributed by atoms with Crippen molar-refractivity contribution in [3.63, 3.8) is 0 Å². The molecule has 1 aliphatic rings. The summed E-state index contributed by atoms with van der Waals surface area (Å²) in [5.74, 6) is 0.415. The number of hydrogen-bond acceptors (Lipinski definition) is 3. The molecule has 2 rings (SSSR count). The Labute approximate surface area is 120 Å². The summed E-state index contributed by atoms with van der Waals surface area (Å²) in [5.41, 5.74) is -0.485. The zero-order chi connectivity index (χ0) is 14.1. The number of aryl methyl sites for hydroxylation is 1. The Morgan fingerprint density at radius 3 is 2.68 bits per heavy atom. The van der Waals surface area contributed by atoms with Crippen LogP contribution in [0.4, 0.5) is 0 Å². The Kier molecular flexibility index (Phi) is 4.17. The number of carbonyl (C=O) groups is 1. The minimum Gasteiger partial charge on any atom is -0.369 e. The number of carbonyl (C=O) groups excluding carboxylic acids is 1. The van der Waals surface area contributed by atoms with Crippen molar-refractivity contribution < 1.29 is 9.53 Å². The van der Waals surface area contributed by atoms with E-state index in [-0.39, 0.29) is 17.1 Å². The fourth-order valence-electron chi connectivity index (χ4n) is 3.13. The van der Waals surface area contributed by atoms with Crippen molar-refractivity contribution in [1.29, 1.82) is 0 Å². The number of thiophene rings is 1. The van der Waals surface area contributed by atoms with Gasteiger partial charge in [0.25, 0.3) is 0 Å². The van der Waals surface area contributed by atoms with Crippen LogP contribution in [0.25, 0.3) is 0 Å². The summed E-state index contributed by atoms with van der Waals surface area (Å²) in [5, 5.41) is 2.09. The molecule has 106 valence electrons. The lowest BCUT2D eigenvalue weighted by atomic mass is 9.82. The molecule has 2 heterocycles. The number of hydrogen-bond donors (Lipinski definition) is 0. The van der Waals surface area contributed by atoms with Gasteiger partial charge >= 0.3 is 0 Å². The van der Waals surface area contributed by atoms with Gasteiger partial charge in [0.2, 0.25) is 0 Å². The van der Waals surface area contributed by atoms with Crippen LogP contribution < -0.4 is 0 Å². The second-order valence-electron chi connectivity index (χ2n) is 6.62. The highest BCUT2D eigenvalue weighted by Crippen LogP contribution is 2.42. The molecule has 1 aliphatic heterocycles. The van der Waals surface area contributed by atoms with E-state index in [1.807, 2.05) is 13.8 Å². The maximum absolute atomic E-state index is 12.4. The second kappa shape index (κ2) is 5.37. The van der Waals surface area contributed by atoms with Crippen molar-refractivity contribution in [2.75, 3.05) is 0 Å². The number of Topliss-reactive ketones (excluding diaryl/α,β-unsaturated/α-hetero) is 1. The molecule has 1 saturated heterocycles. The lowest BCUT2D eigenvalue weighted by Crippen LogP contribution is -2.33. The number of rotatable bonds is 5. The molecular weight excluding hydrogens is 256 g/mol. The summed E-state index contributed by atoms with van der Waals surface area (Å²) >= 11 is 1.77. The molecule has 1 atom stereocenters. The Morgan fingerprint density at radius 2 is 2.16 bits per heavy atom. The first-order chi connectivity index (χ1) is 8.80. The van der Waals surface area contributed by atoms with Crippen LogP contribution in [0.3, 0.4) is 0 Å². The topological polar surface area (TPSA) is 26.3 Å². The van der Waals surface area contributed by atoms with Crippen molar-refractivity contribution >= 4 is 17.1 Å². The standard InChI is InChI=1S/C16H24O2S/c1-15(2)11-13(16(3,4)18-15)14(17)9-5-7-12-8-6-10-19-12/h6,8,10,13H,5,7,9,11H2,1-4H3. The van der Waals surface area contributed by atoms with Gasteiger partial charge in [-0.1, -0.05) is 6.07 Å². The summed E-state index contributed by atoms with van der Waals surface area (Å²) in [6.45, 7) is 8.24. The predicted octanol–water partition coefficient (Wildman–Crippen LogP) is 4.23. The highest BCUT2D eigenvalue weighted by Gasteiger charge is 2.48. The number of ether oxygens (including phenoxy) is 1. The van der Waals surface area contributed by atoms with Crippen LogP contribution in [-0.4, -0.2) is 17.0 Å². The van der Waals surface area contributed by atoms with E-state index in [9.17, 15) is 4.79 Å². The van der Waals surface area contributed by atoms with Crippen LogP contribution in [0.15, 0.2) is 17.5 Å². The highest BCUT2D eigenvalue weighted by molar-refractivity contribution is 7.09. The first-order valence-electron chi connectivity index (χ1n) is 7.05. The van der Waals surface area contributed by atoms with E-state index in [2.05, 4.69) is 31.4 Å². The molecule has 2 nitrogen and oxygen atoms in total. The van der Waals surface area contributed by atoms with Gasteiger partial charge in [-0.05, 0) is 58.4 Å². The zero-order valence-corrected chi connectivity index (χ0v) is 13.2. The maximum Gasteiger partial charge on any atom is 0.138 e. The molecule has 1 fully saturated rings. The van der Waals surface area contributed by atoms with Gasteiger partial charge in [-0.15, -0.1) is 11.3 Å². The van der Waals surface area contributed by atoms with E-state index >= 15 is 0 Å². The van der Waals surface area contributed by atoms with E-state index in [1.54, 1.807) is 11.3 Å². The van der Waals surface area contributed by atoms with E-state index in [0.717, 1.165) is 19.3 Å². The van der Waals surface area contributed by atoms with E-state index < -0.39 is 0 Å². The molecule has 1 aromatic heterocycles. The SMILES string of the molecule is CC1(C)CC(C(=O)CCCc2cccs2)C(C)(C)O1. The number of ketones is 1. The smallest absolute Gasteiger partial charge is 0.138 e. The molecule has 0 N–H and O–H groups in total. The monoisotopic (exact) mass is 280 g/mol. The van der Waals surface area contributed by atoms with Crippen LogP contribution in [0.2, 0.25) is 0 Å². The molecular formula is C16H24O2S. The lowest BCUT2D eigenvalue weighted by molar-refractivity contribution is -0.129. The fraction of sp³-hybridized carbons (Fsp3) is 0.688. The summed E-state index contributed by atoms with van der Waals surface area (Å²) in [6.07, 6.45) is 3.48. The van der Waals surface area contributed by atoms with Crippen LogP contribution in [0, 0.1) is 5.92 Å². The molecule has 3 heteroatoms. The summed E-state index contributed by atoms with van der Waals surface area (Å²) < 4.78 is 6.00. The van der Waals surface area contributed by atoms with E-state index in [1.165, 1.54) is 4.88 Å². The molecule has 1 aromatic rings. The van der Waals surface area contributed by atoms with Gasteiger partial charge in [-0.3, -0.25) is 4.79 Å². The molecule has 1 unspecified atom stereocenters. The second-order valence-corrected chi connectivity index (χ2v) is 7.65. The third kappa shape index (κ3) is 3.67. The highest BCUT2D eigenvalue weighted by atomic mass is 32.1. The first kappa shape index (κ1) is 14.7. The summed E-state index contributed by atoms with van der Waals surface area (Å²) in [4.78, 5) is 13.8. The van der Waals surface area contributed by atoms with Crippen molar-refractivity contribution in [3.8, 4) is 0 Å². The van der Waals surface area contributed by atoms with Crippen molar-refractivity contribution in [3.05, 3.63) is 22.4 Å². The van der Waals surface area contributed by atoms with Gasteiger partial charge in [0.1, 0.15) is 5.78 Å². The Balaban J connectivity index is 1.86. The Bertz CT molecular complexity index is 432. The summed E-state index contributed by atoms with van der Waals surface area (Å²) in [6, 6.07) is 4.21. The van der Waals surface area contributed by atoms with Gasteiger partial charge in [0.15, 0.2) is 0 Å². The zero-order valence-electron chi connectivity index (χ0n) is 12.4. The van der Waals surface area contributed by atoms with Crippen LogP contribution in [0.1, 0.15) is 51.8 Å². The average Bonchev–Trinajstić information content (AvgIpc) is 2.83. The maximum atomic E-state index is 12.4. The van der Waals surface area contributed by atoms with Crippen LogP contribution >= 0.6 is 11.3 Å². The quantitative estimate of drug-likeness (QED) is 0.806. The van der Waals surface area contributed by atoms with Gasteiger partial charge in [0, 0.05) is 17.2 Å². The van der Waals surface area contributed by atoms with Crippen LogP contribution in [-0.2, 0) is 16.0 Å². The molecule has 0 spiro atoms. The molecule has 0 aliphatic carbocycles. The van der Waals surface area contributed by atoms with Crippen molar-refractivity contribution in [2.45, 2.75) is 64.6 Å². The van der Waals surface area contributed by atoms with Crippen molar-refractivity contribution in [1.82, 2.24) is 0 Å². The van der Waals surface area contributed by atoms with E-state index in [4.69, 9.17) is 4.74 Å². The van der Waals surface area contributed by atoms with Gasteiger partial charge in [-0.2, -0.15) is 0 Å². The Hall–Kier alpha value is -0.670. The minimum atomic E-state index is -0.316. The predicted molar refractivity (Wildman–Crippen MR) is 79.6 cm³/mol. The molecule has 0 saturated carbocycles. The molecule has 0 radical (unpaired) electrons. The first-order valence-corrected chi connectivity index (χ1v) is 7.93. The van der Waals surface area contributed by atoms with E-state index in [0.29, 0.717) is 12.2 Å². The normalized spacial score (nSPS) is 24.5. The molecule has 0 amide bonds. The minimum absolute atomic E-state index is 0.0471. The summed E-state index contributed by atoms with van der Waals surface area (Å²) in [7, 11) is 0. The average molecular weight is 280 g/mol. The third-order valence-electron chi connectivity index (χ3n) is 3.89. The van der Waals surface area contributed by atoms with Gasteiger partial charge < -0.3 is 4.74 Å². The molecule has 0 aromatic carbocycles. The lowest BCUT2D eigenvalue weighted by Gasteiger charge is -2.26. The molecule has 0 bridgehead atoms. The van der Waals surface area contributed by atoms with Gasteiger partial charge in [-0.25, -0.2) is 0 Å².